The average Bonchev–Trinajstić information content (AvgIpc) is 1.88. The van der Waals surface area contributed by atoms with Crippen molar-refractivity contribution in [1.82, 2.24) is 0 Å². The molecule has 0 aromatic rings. The molecular weight excluding hydrogens is 148 g/mol. The topological polar surface area (TPSA) is 37.3 Å². The maximum atomic E-state index is 10.3. The summed E-state index contributed by atoms with van der Waals surface area (Å²) in [7, 11) is 0. The minimum Gasteiger partial charge on any atom is -0.481 e. The summed E-state index contributed by atoms with van der Waals surface area (Å²) in [6, 6.07) is 0. The molecule has 0 heterocycles. The third-order valence-electron chi connectivity index (χ3n) is 1.14. The number of hydrogen-bond acceptors (Lipinski definition) is 2. The van der Waals surface area contributed by atoms with Gasteiger partial charge in [0.1, 0.15) is 0 Å². The van der Waals surface area contributed by atoms with Crippen molar-refractivity contribution in [3.63, 3.8) is 0 Å². The average molecular weight is 162 g/mol. The van der Waals surface area contributed by atoms with Gasteiger partial charge >= 0.3 is 5.97 Å². The predicted octanol–water partition coefficient (Wildman–Crippen LogP) is 1.85. The highest BCUT2D eigenvalue weighted by atomic mass is 32.2. The molecule has 3 heteroatoms. The molecule has 0 fully saturated rings. The van der Waals surface area contributed by atoms with E-state index in [4.69, 9.17) is 5.11 Å². The molecule has 0 bridgehead atoms. The van der Waals surface area contributed by atoms with Gasteiger partial charge in [0.05, 0.1) is 5.92 Å². The largest absolute Gasteiger partial charge is 0.481 e. The van der Waals surface area contributed by atoms with E-state index in [1.807, 2.05) is 0 Å². The Morgan fingerprint density at radius 3 is 2.70 bits per heavy atom. The molecule has 0 aliphatic heterocycles. The van der Waals surface area contributed by atoms with E-state index in [0.717, 1.165) is 17.9 Å². The quantitative estimate of drug-likeness (QED) is 0.627. The Bertz CT molecular complexity index is 104. The van der Waals surface area contributed by atoms with E-state index in [1.165, 1.54) is 0 Å². The van der Waals surface area contributed by atoms with Crippen LogP contribution < -0.4 is 0 Å². The minimum absolute atomic E-state index is 0.198. The molecule has 0 aromatic carbocycles. The first-order valence-electron chi connectivity index (χ1n) is 3.49. The molecule has 2 nitrogen and oxygen atoms in total. The van der Waals surface area contributed by atoms with Crippen molar-refractivity contribution in [2.24, 2.45) is 5.92 Å². The summed E-state index contributed by atoms with van der Waals surface area (Å²) in [6.45, 7) is 3.84. The number of thioether (sulfide) groups is 1. The Kier molecular flexibility index (Phi) is 5.49. The molecule has 60 valence electrons. The number of rotatable bonds is 5. The lowest BCUT2D eigenvalue weighted by Crippen LogP contribution is -2.11. The van der Waals surface area contributed by atoms with E-state index in [2.05, 4.69) is 6.92 Å². The summed E-state index contributed by atoms with van der Waals surface area (Å²) in [6.07, 6.45) is 1.12. The standard InChI is InChI=1S/C7H14O2S/c1-3-4-10-5-6(2)7(8)9/h6H,3-5H2,1-2H3,(H,8,9)/t6-/m0/s1. The Morgan fingerprint density at radius 1 is 1.70 bits per heavy atom. The molecule has 0 rings (SSSR count). The molecule has 0 radical (unpaired) electrons. The second kappa shape index (κ2) is 5.59. The molecule has 0 unspecified atom stereocenters. The maximum Gasteiger partial charge on any atom is 0.307 e. The second-order valence-electron chi connectivity index (χ2n) is 2.31. The fourth-order valence-electron chi connectivity index (χ4n) is 0.476. The van der Waals surface area contributed by atoms with E-state index >= 15 is 0 Å². The van der Waals surface area contributed by atoms with Crippen LogP contribution in [0.5, 0.6) is 0 Å². The van der Waals surface area contributed by atoms with Gasteiger partial charge in [-0.25, -0.2) is 0 Å². The third-order valence-corrected chi connectivity index (χ3v) is 2.57. The molecule has 0 saturated carbocycles. The van der Waals surface area contributed by atoms with Crippen molar-refractivity contribution in [1.29, 1.82) is 0 Å². The van der Waals surface area contributed by atoms with Crippen molar-refractivity contribution in [2.45, 2.75) is 20.3 Å². The zero-order valence-corrected chi connectivity index (χ0v) is 7.28. The molecule has 1 N–H and O–H groups in total. The van der Waals surface area contributed by atoms with Gasteiger partial charge in [0.2, 0.25) is 0 Å². The SMILES string of the molecule is CCCSC[C@H](C)C(=O)O. The van der Waals surface area contributed by atoms with Gasteiger partial charge in [0.15, 0.2) is 0 Å². The minimum atomic E-state index is -0.691. The van der Waals surface area contributed by atoms with E-state index in [1.54, 1.807) is 18.7 Å². The highest BCUT2D eigenvalue weighted by Crippen LogP contribution is 2.08. The summed E-state index contributed by atoms with van der Waals surface area (Å²) < 4.78 is 0. The second-order valence-corrected chi connectivity index (χ2v) is 3.46. The zero-order chi connectivity index (χ0) is 7.98. The first-order valence-corrected chi connectivity index (χ1v) is 4.64. The molecule has 0 saturated heterocycles. The third kappa shape index (κ3) is 4.68. The molecule has 10 heavy (non-hydrogen) atoms. The van der Waals surface area contributed by atoms with Crippen molar-refractivity contribution in [3.8, 4) is 0 Å². The molecule has 0 aliphatic rings. The van der Waals surface area contributed by atoms with Gasteiger partial charge in [-0.2, -0.15) is 11.8 Å². The lowest BCUT2D eigenvalue weighted by molar-refractivity contribution is -0.140. The van der Waals surface area contributed by atoms with Crippen molar-refractivity contribution >= 4 is 17.7 Å². The lowest BCUT2D eigenvalue weighted by atomic mass is 10.2. The van der Waals surface area contributed by atoms with Crippen molar-refractivity contribution in [3.05, 3.63) is 0 Å². The van der Waals surface area contributed by atoms with Gasteiger partial charge in [-0.3, -0.25) is 4.79 Å². The Hall–Kier alpha value is -0.180. The highest BCUT2D eigenvalue weighted by molar-refractivity contribution is 7.99. The van der Waals surface area contributed by atoms with Crippen LogP contribution in [0.2, 0.25) is 0 Å². The van der Waals surface area contributed by atoms with E-state index in [0.29, 0.717) is 0 Å². The van der Waals surface area contributed by atoms with Crippen LogP contribution in [-0.2, 0) is 4.79 Å². The smallest absolute Gasteiger partial charge is 0.307 e. The molecule has 0 aromatic heterocycles. The molecule has 0 aliphatic carbocycles. The Labute approximate surface area is 66.0 Å². The number of carbonyl (C=O) groups is 1. The lowest BCUT2D eigenvalue weighted by Gasteiger charge is -2.03. The first-order chi connectivity index (χ1) is 4.68. The van der Waals surface area contributed by atoms with Gasteiger partial charge in [-0.1, -0.05) is 13.8 Å². The van der Waals surface area contributed by atoms with Gasteiger partial charge in [-0.15, -0.1) is 0 Å². The molecule has 1 atom stereocenters. The molecule has 0 spiro atoms. The van der Waals surface area contributed by atoms with Gasteiger partial charge < -0.3 is 5.11 Å². The van der Waals surface area contributed by atoms with Crippen molar-refractivity contribution in [2.75, 3.05) is 11.5 Å². The van der Waals surface area contributed by atoms with Gasteiger partial charge in [0.25, 0.3) is 0 Å². The highest BCUT2D eigenvalue weighted by Gasteiger charge is 2.09. The van der Waals surface area contributed by atoms with Crippen LogP contribution in [0.25, 0.3) is 0 Å². The van der Waals surface area contributed by atoms with Gasteiger partial charge in [0, 0.05) is 5.75 Å². The van der Waals surface area contributed by atoms with Crippen LogP contribution in [0, 0.1) is 5.92 Å². The van der Waals surface area contributed by atoms with Crippen LogP contribution in [0.15, 0.2) is 0 Å². The summed E-state index contributed by atoms with van der Waals surface area (Å²) in [4.78, 5) is 10.3. The zero-order valence-electron chi connectivity index (χ0n) is 6.46. The van der Waals surface area contributed by atoms with Crippen LogP contribution >= 0.6 is 11.8 Å². The van der Waals surface area contributed by atoms with E-state index in [9.17, 15) is 4.79 Å². The summed E-state index contributed by atoms with van der Waals surface area (Å²) in [5, 5.41) is 8.47. The van der Waals surface area contributed by atoms with Crippen molar-refractivity contribution < 1.29 is 9.90 Å². The Balaban J connectivity index is 3.21. The predicted molar refractivity (Wildman–Crippen MR) is 44.4 cm³/mol. The normalized spacial score (nSPS) is 13.0. The van der Waals surface area contributed by atoms with Crippen LogP contribution in [-0.4, -0.2) is 22.6 Å². The number of aliphatic carboxylic acids is 1. The van der Waals surface area contributed by atoms with Crippen LogP contribution in [0.4, 0.5) is 0 Å². The number of hydrogen-bond donors (Lipinski definition) is 1. The number of carboxylic acid groups (broad SMARTS) is 1. The van der Waals surface area contributed by atoms with Crippen LogP contribution in [0.1, 0.15) is 20.3 Å². The van der Waals surface area contributed by atoms with Crippen LogP contribution in [0.3, 0.4) is 0 Å². The maximum absolute atomic E-state index is 10.3. The first kappa shape index (κ1) is 9.82. The van der Waals surface area contributed by atoms with Gasteiger partial charge in [-0.05, 0) is 12.2 Å². The monoisotopic (exact) mass is 162 g/mol. The summed E-state index contributed by atoms with van der Waals surface area (Å²) >= 11 is 1.71. The summed E-state index contributed by atoms with van der Waals surface area (Å²) in [5.74, 6) is 0.918. The van der Waals surface area contributed by atoms with E-state index < -0.39 is 5.97 Å². The molecule has 0 amide bonds. The molecular formula is C7H14O2S. The fraction of sp³-hybridized carbons (Fsp3) is 0.857. The number of carboxylic acids is 1. The Morgan fingerprint density at radius 2 is 2.30 bits per heavy atom. The fourth-order valence-corrected chi connectivity index (χ4v) is 1.43. The summed E-state index contributed by atoms with van der Waals surface area (Å²) in [5.41, 5.74) is 0. The van der Waals surface area contributed by atoms with E-state index in [-0.39, 0.29) is 5.92 Å².